The molecule has 2 amide bonds. The normalized spacial score (nSPS) is 17.1. The molecule has 0 radical (unpaired) electrons. The van der Waals surface area contributed by atoms with Gasteiger partial charge in [0.25, 0.3) is 5.91 Å². The van der Waals surface area contributed by atoms with Crippen LogP contribution in [0.25, 0.3) is 0 Å². The van der Waals surface area contributed by atoms with Crippen LogP contribution in [0.5, 0.6) is 0 Å². The molecule has 1 N–H and O–H groups in total. The fourth-order valence-corrected chi connectivity index (χ4v) is 3.06. The summed E-state index contributed by atoms with van der Waals surface area (Å²) in [7, 11) is 0. The maximum atomic E-state index is 12.2. The highest BCUT2D eigenvalue weighted by Crippen LogP contribution is 2.21. The second-order valence-corrected chi connectivity index (χ2v) is 7.23. The van der Waals surface area contributed by atoms with Gasteiger partial charge in [0.15, 0.2) is 0 Å². The summed E-state index contributed by atoms with van der Waals surface area (Å²) in [6.07, 6.45) is 1.50. The summed E-state index contributed by atoms with van der Waals surface area (Å²) >= 11 is 1.47. The number of likely N-dealkylation sites (tertiary alicyclic amines) is 1. The third-order valence-corrected chi connectivity index (χ3v) is 4.24. The monoisotopic (exact) mass is 294 g/mol. The van der Waals surface area contributed by atoms with Gasteiger partial charge in [0.2, 0.25) is 5.91 Å². The van der Waals surface area contributed by atoms with E-state index in [2.05, 4.69) is 5.32 Å². The lowest BCUT2D eigenvalue weighted by molar-refractivity contribution is -0.127. The third kappa shape index (κ3) is 3.82. The number of hydrogen-bond acceptors (Lipinski definition) is 3. The minimum Gasteiger partial charge on any atom is -0.351 e. The molecule has 1 aliphatic rings. The molecular weight excluding hydrogens is 272 g/mol. The van der Waals surface area contributed by atoms with Crippen molar-refractivity contribution in [2.45, 2.75) is 39.2 Å². The number of thiophene rings is 1. The van der Waals surface area contributed by atoms with Crippen molar-refractivity contribution >= 4 is 23.2 Å². The van der Waals surface area contributed by atoms with Gasteiger partial charge >= 0.3 is 0 Å². The van der Waals surface area contributed by atoms with Gasteiger partial charge in [-0.25, -0.2) is 0 Å². The molecule has 1 aromatic heterocycles. The highest BCUT2D eigenvalue weighted by Gasteiger charge is 2.29. The van der Waals surface area contributed by atoms with Gasteiger partial charge in [-0.1, -0.05) is 6.07 Å². The van der Waals surface area contributed by atoms with Crippen molar-refractivity contribution < 1.29 is 9.59 Å². The summed E-state index contributed by atoms with van der Waals surface area (Å²) in [6, 6.07) is 3.74. The second kappa shape index (κ2) is 5.95. The molecule has 0 unspecified atom stereocenters. The van der Waals surface area contributed by atoms with Crippen molar-refractivity contribution in [3.63, 3.8) is 0 Å². The minimum absolute atomic E-state index is 0.0293. The molecule has 1 saturated heterocycles. The number of carbonyl (C=O) groups is 2. The summed E-state index contributed by atoms with van der Waals surface area (Å²) in [5.74, 6) is 0.233. The summed E-state index contributed by atoms with van der Waals surface area (Å²) in [6.45, 7) is 7.29. The smallest absolute Gasteiger partial charge is 0.263 e. The van der Waals surface area contributed by atoms with Crippen molar-refractivity contribution in [3.05, 3.63) is 22.4 Å². The van der Waals surface area contributed by atoms with Crippen molar-refractivity contribution in [2.24, 2.45) is 5.92 Å². The fraction of sp³-hybridized carbons (Fsp3) is 0.600. The van der Waals surface area contributed by atoms with Crippen molar-refractivity contribution in [1.29, 1.82) is 0 Å². The summed E-state index contributed by atoms with van der Waals surface area (Å²) in [5, 5.41) is 4.93. The minimum atomic E-state index is -0.193. The Morgan fingerprint density at radius 2 is 1.95 bits per heavy atom. The Bertz CT molecular complexity index is 469. The maximum Gasteiger partial charge on any atom is 0.263 e. The Morgan fingerprint density at radius 1 is 1.30 bits per heavy atom. The summed E-state index contributed by atoms with van der Waals surface area (Å²) in [5.41, 5.74) is -0.193. The van der Waals surface area contributed by atoms with Crippen molar-refractivity contribution in [1.82, 2.24) is 10.2 Å². The van der Waals surface area contributed by atoms with E-state index < -0.39 is 0 Å². The van der Waals surface area contributed by atoms with Gasteiger partial charge in [-0.05, 0) is 45.1 Å². The van der Waals surface area contributed by atoms with E-state index in [-0.39, 0.29) is 23.3 Å². The van der Waals surface area contributed by atoms with Crippen LogP contribution in [0, 0.1) is 5.92 Å². The van der Waals surface area contributed by atoms with Crippen LogP contribution in [0.4, 0.5) is 0 Å². The highest BCUT2D eigenvalue weighted by molar-refractivity contribution is 7.12. The zero-order chi connectivity index (χ0) is 14.8. The first-order chi connectivity index (χ1) is 9.37. The lowest BCUT2D eigenvalue weighted by atomic mass is 9.94. The molecule has 0 bridgehead atoms. The average Bonchev–Trinajstić information content (AvgIpc) is 2.90. The van der Waals surface area contributed by atoms with Gasteiger partial charge in [0, 0.05) is 24.5 Å². The van der Waals surface area contributed by atoms with Crippen LogP contribution in [0.15, 0.2) is 17.5 Å². The van der Waals surface area contributed by atoms with E-state index in [4.69, 9.17) is 0 Å². The van der Waals surface area contributed by atoms with E-state index in [1.54, 1.807) is 0 Å². The van der Waals surface area contributed by atoms with E-state index in [0.717, 1.165) is 17.7 Å². The molecule has 0 aliphatic carbocycles. The van der Waals surface area contributed by atoms with Gasteiger partial charge < -0.3 is 10.2 Å². The first-order valence-electron chi connectivity index (χ1n) is 7.01. The lowest BCUT2D eigenvalue weighted by Gasteiger charge is -2.32. The van der Waals surface area contributed by atoms with Crippen molar-refractivity contribution in [2.75, 3.05) is 13.1 Å². The van der Waals surface area contributed by atoms with Crippen LogP contribution in [0.3, 0.4) is 0 Å². The number of carbonyl (C=O) groups excluding carboxylic acids is 2. The largest absolute Gasteiger partial charge is 0.351 e. The van der Waals surface area contributed by atoms with Crippen LogP contribution in [-0.2, 0) is 4.79 Å². The van der Waals surface area contributed by atoms with Crippen molar-refractivity contribution in [3.8, 4) is 0 Å². The van der Waals surface area contributed by atoms with Gasteiger partial charge in [0.1, 0.15) is 0 Å². The number of nitrogens with zero attached hydrogens (tertiary/aromatic N) is 1. The summed E-state index contributed by atoms with van der Waals surface area (Å²) in [4.78, 5) is 26.9. The Hall–Kier alpha value is -1.36. The number of rotatable bonds is 2. The SMILES string of the molecule is CC(C)(C)NC(=O)C1CCN(C(=O)c2cccs2)CC1. The Kier molecular flexibility index (Phi) is 4.48. The second-order valence-electron chi connectivity index (χ2n) is 6.28. The number of amides is 2. The van der Waals surface area contributed by atoms with Crippen LogP contribution >= 0.6 is 11.3 Å². The van der Waals surface area contributed by atoms with Gasteiger partial charge in [-0.2, -0.15) is 0 Å². The van der Waals surface area contributed by atoms with Gasteiger partial charge in [0.05, 0.1) is 4.88 Å². The molecule has 1 aliphatic heterocycles. The van der Waals surface area contributed by atoms with Crippen LogP contribution in [0.1, 0.15) is 43.3 Å². The van der Waals surface area contributed by atoms with Gasteiger partial charge in [-0.3, -0.25) is 9.59 Å². The third-order valence-electron chi connectivity index (χ3n) is 3.38. The molecule has 5 heteroatoms. The Balaban J connectivity index is 1.86. The number of hydrogen-bond donors (Lipinski definition) is 1. The van der Waals surface area contributed by atoms with E-state index in [0.29, 0.717) is 13.1 Å². The average molecular weight is 294 g/mol. The predicted molar refractivity (Wildman–Crippen MR) is 80.8 cm³/mol. The molecular formula is C15H22N2O2S. The standard InChI is InChI=1S/C15H22N2O2S/c1-15(2,3)16-13(18)11-6-8-17(9-7-11)14(19)12-5-4-10-20-12/h4-5,10-11H,6-9H2,1-3H3,(H,16,18). The van der Waals surface area contributed by atoms with Crippen LogP contribution in [-0.4, -0.2) is 35.3 Å². The molecule has 110 valence electrons. The molecule has 0 saturated carbocycles. The van der Waals surface area contributed by atoms with Gasteiger partial charge in [-0.15, -0.1) is 11.3 Å². The van der Waals surface area contributed by atoms with E-state index in [9.17, 15) is 9.59 Å². The van der Waals surface area contributed by atoms with Crippen LogP contribution < -0.4 is 5.32 Å². The topological polar surface area (TPSA) is 49.4 Å². The zero-order valence-electron chi connectivity index (χ0n) is 12.3. The summed E-state index contributed by atoms with van der Waals surface area (Å²) < 4.78 is 0. The molecule has 0 aromatic carbocycles. The number of nitrogens with one attached hydrogen (secondary N) is 1. The molecule has 0 spiro atoms. The Labute approximate surface area is 124 Å². The zero-order valence-corrected chi connectivity index (χ0v) is 13.1. The fourth-order valence-electron chi connectivity index (χ4n) is 2.37. The molecule has 1 aromatic rings. The first-order valence-corrected chi connectivity index (χ1v) is 7.89. The Morgan fingerprint density at radius 3 is 2.45 bits per heavy atom. The van der Waals surface area contributed by atoms with E-state index in [1.807, 2.05) is 43.2 Å². The predicted octanol–water partition coefficient (Wildman–Crippen LogP) is 2.52. The number of piperidine rings is 1. The van der Waals surface area contributed by atoms with E-state index in [1.165, 1.54) is 11.3 Å². The molecule has 1 fully saturated rings. The molecule has 20 heavy (non-hydrogen) atoms. The maximum absolute atomic E-state index is 12.2. The first kappa shape index (κ1) is 15.0. The lowest BCUT2D eigenvalue weighted by Crippen LogP contribution is -2.47. The van der Waals surface area contributed by atoms with E-state index >= 15 is 0 Å². The quantitative estimate of drug-likeness (QED) is 0.911. The van der Waals surface area contributed by atoms with Crippen LogP contribution in [0.2, 0.25) is 0 Å². The molecule has 2 heterocycles. The molecule has 0 atom stereocenters. The highest BCUT2D eigenvalue weighted by atomic mass is 32.1. The molecule has 2 rings (SSSR count). The molecule has 4 nitrogen and oxygen atoms in total.